The Hall–Kier alpha value is -2.24. The van der Waals surface area contributed by atoms with E-state index in [0.29, 0.717) is 10.1 Å². The first-order valence-electron chi connectivity index (χ1n) is 6.16. The number of nitrogens with zero attached hydrogens (tertiary/aromatic N) is 2. The van der Waals surface area contributed by atoms with Crippen molar-refractivity contribution >= 4 is 46.9 Å². The number of hydrogen-bond donors (Lipinski definition) is 2. The molecule has 0 saturated heterocycles. The SMILES string of the molecule is S=C(NN=CC(Cl)=Cc1ccccc1)Nc1cccnc1. The average Bonchev–Trinajstić information content (AvgIpc) is 2.49. The first kappa shape index (κ1) is 15.2. The third kappa shape index (κ3) is 5.72. The molecule has 2 rings (SSSR count). The fourth-order valence-electron chi connectivity index (χ4n) is 1.49. The van der Waals surface area contributed by atoms with Gasteiger partial charge < -0.3 is 5.32 Å². The first-order valence-corrected chi connectivity index (χ1v) is 6.95. The maximum absolute atomic E-state index is 6.06. The molecule has 2 N–H and O–H groups in total. The Morgan fingerprint density at radius 2 is 2.00 bits per heavy atom. The lowest BCUT2D eigenvalue weighted by atomic mass is 10.2. The summed E-state index contributed by atoms with van der Waals surface area (Å²) in [5, 5.41) is 7.77. The van der Waals surface area contributed by atoms with E-state index in [-0.39, 0.29) is 0 Å². The van der Waals surface area contributed by atoms with Crippen molar-refractivity contribution in [2.75, 3.05) is 5.32 Å². The smallest absolute Gasteiger partial charge is 0.191 e. The van der Waals surface area contributed by atoms with Crippen molar-refractivity contribution in [2.45, 2.75) is 0 Å². The number of pyridine rings is 1. The summed E-state index contributed by atoms with van der Waals surface area (Å²) in [6, 6.07) is 13.4. The van der Waals surface area contributed by atoms with E-state index in [9.17, 15) is 0 Å². The van der Waals surface area contributed by atoms with Gasteiger partial charge in [-0.1, -0.05) is 41.9 Å². The molecule has 1 heterocycles. The second kappa shape index (κ2) is 8.14. The van der Waals surface area contributed by atoms with Crippen LogP contribution in [-0.2, 0) is 0 Å². The number of hydrogen-bond acceptors (Lipinski definition) is 3. The predicted octanol–water partition coefficient (Wildman–Crippen LogP) is 3.63. The van der Waals surface area contributed by atoms with E-state index in [2.05, 4.69) is 20.8 Å². The maximum Gasteiger partial charge on any atom is 0.191 e. The van der Waals surface area contributed by atoms with Gasteiger partial charge in [-0.05, 0) is 36.0 Å². The Labute approximate surface area is 133 Å². The average molecular weight is 317 g/mol. The molecule has 0 bridgehead atoms. The van der Waals surface area contributed by atoms with Gasteiger partial charge in [0.2, 0.25) is 0 Å². The van der Waals surface area contributed by atoms with Crippen LogP contribution in [0, 0.1) is 0 Å². The van der Waals surface area contributed by atoms with Crippen LogP contribution in [0.3, 0.4) is 0 Å². The van der Waals surface area contributed by atoms with Crippen LogP contribution in [-0.4, -0.2) is 16.3 Å². The molecule has 0 fully saturated rings. The number of nitrogens with one attached hydrogen (secondary N) is 2. The van der Waals surface area contributed by atoms with Crippen LogP contribution in [0.25, 0.3) is 6.08 Å². The lowest BCUT2D eigenvalue weighted by Crippen LogP contribution is -2.23. The first-order chi connectivity index (χ1) is 10.2. The molecule has 21 heavy (non-hydrogen) atoms. The number of benzene rings is 1. The minimum Gasteiger partial charge on any atom is -0.330 e. The van der Waals surface area contributed by atoms with Crippen LogP contribution < -0.4 is 10.7 Å². The molecular weight excluding hydrogens is 304 g/mol. The number of rotatable bonds is 4. The van der Waals surface area contributed by atoms with Crippen molar-refractivity contribution in [3.63, 3.8) is 0 Å². The standard InChI is InChI=1S/C15H13ClN4S/c16-13(9-12-5-2-1-3-6-12)10-18-20-15(21)19-14-7-4-8-17-11-14/h1-11H,(H2,19,20,21). The van der Waals surface area contributed by atoms with Crippen LogP contribution in [0.15, 0.2) is 65.0 Å². The van der Waals surface area contributed by atoms with E-state index < -0.39 is 0 Å². The Morgan fingerprint density at radius 3 is 2.71 bits per heavy atom. The maximum atomic E-state index is 6.06. The van der Waals surface area contributed by atoms with Crippen LogP contribution in [0.2, 0.25) is 0 Å². The highest BCUT2D eigenvalue weighted by Gasteiger charge is 1.95. The normalized spacial score (nSPS) is 11.4. The molecule has 1 aromatic heterocycles. The molecular formula is C15H13ClN4S. The van der Waals surface area contributed by atoms with E-state index in [1.165, 1.54) is 6.21 Å². The third-order valence-electron chi connectivity index (χ3n) is 2.38. The van der Waals surface area contributed by atoms with Gasteiger partial charge >= 0.3 is 0 Å². The predicted molar refractivity (Wildman–Crippen MR) is 92.4 cm³/mol. The van der Waals surface area contributed by atoms with E-state index in [1.807, 2.05) is 48.5 Å². The van der Waals surface area contributed by atoms with Crippen molar-refractivity contribution in [1.29, 1.82) is 0 Å². The van der Waals surface area contributed by atoms with Gasteiger partial charge in [0, 0.05) is 6.20 Å². The van der Waals surface area contributed by atoms with Gasteiger partial charge in [-0.25, -0.2) is 0 Å². The Bertz CT molecular complexity index is 641. The zero-order chi connectivity index (χ0) is 14.9. The molecule has 0 aliphatic heterocycles. The summed E-state index contributed by atoms with van der Waals surface area (Å²) in [6.45, 7) is 0. The Morgan fingerprint density at radius 1 is 1.19 bits per heavy atom. The summed E-state index contributed by atoms with van der Waals surface area (Å²) in [5.74, 6) is 0. The van der Waals surface area contributed by atoms with Crippen molar-refractivity contribution < 1.29 is 0 Å². The van der Waals surface area contributed by atoms with Crippen molar-refractivity contribution in [3.05, 3.63) is 65.5 Å². The molecule has 0 atom stereocenters. The van der Waals surface area contributed by atoms with Crippen LogP contribution in [0.4, 0.5) is 5.69 Å². The number of thiocarbonyl (C=S) groups is 1. The third-order valence-corrected chi connectivity index (χ3v) is 2.78. The second-order valence-electron chi connectivity index (χ2n) is 4.01. The van der Waals surface area contributed by atoms with Gasteiger partial charge in [-0.3, -0.25) is 10.4 Å². The zero-order valence-corrected chi connectivity index (χ0v) is 12.6. The van der Waals surface area contributed by atoms with Crippen molar-refractivity contribution in [1.82, 2.24) is 10.4 Å². The van der Waals surface area contributed by atoms with Gasteiger partial charge in [0.25, 0.3) is 0 Å². The largest absolute Gasteiger partial charge is 0.330 e. The summed E-state index contributed by atoms with van der Waals surface area (Å²) < 4.78 is 0. The molecule has 0 aliphatic rings. The number of aromatic nitrogens is 1. The molecule has 0 radical (unpaired) electrons. The van der Waals surface area contributed by atoms with E-state index in [0.717, 1.165) is 11.3 Å². The molecule has 6 heteroatoms. The molecule has 0 unspecified atom stereocenters. The lowest BCUT2D eigenvalue weighted by molar-refractivity contribution is 1.05. The fourth-order valence-corrected chi connectivity index (χ4v) is 1.84. The molecule has 106 valence electrons. The molecule has 0 amide bonds. The van der Waals surface area contributed by atoms with E-state index in [1.54, 1.807) is 12.4 Å². The topological polar surface area (TPSA) is 49.3 Å². The fraction of sp³-hybridized carbons (Fsp3) is 0. The summed E-state index contributed by atoms with van der Waals surface area (Å²) in [4.78, 5) is 3.97. The molecule has 4 nitrogen and oxygen atoms in total. The summed E-state index contributed by atoms with van der Waals surface area (Å²) in [5.41, 5.74) is 4.48. The van der Waals surface area contributed by atoms with Gasteiger partial charge in [-0.2, -0.15) is 5.10 Å². The monoisotopic (exact) mass is 316 g/mol. The molecule has 0 saturated carbocycles. The summed E-state index contributed by atoms with van der Waals surface area (Å²) >= 11 is 11.1. The molecule has 0 aliphatic carbocycles. The van der Waals surface area contributed by atoms with Gasteiger partial charge in [-0.15, -0.1) is 0 Å². The van der Waals surface area contributed by atoms with Crippen LogP contribution in [0.5, 0.6) is 0 Å². The molecule has 2 aromatic rings. The number of anilines is 1. The van der Waals surface area contributed by atoms with Crippen LogP contribution in [0.1, 0.15) is 5.56 Å². The van der Waals surface area contributed by atoms with Crippen LogP contribution >= 0.6 is 23.8 Å². The van der Waals surface area contributed by atoms with Crippen molar-refractivity contribution in [3.8, 4) is 0 Å². The Balaban J connectivity index is 1.84. The zero-order valence-electron chi connectivity index (χ0n) is 11.0. The second-order valence-corrected chi connectivity index (χ2v) is 4.85. The number of halogens is 1. The quantitative estimate of drug-likeness (QED) is 0.514. The highest BCUT2D eigenvalue weighted by atomic mass is 35.5. The number of allylic oxidation sites excluding steroid dienone is 1. The van der Waals surface area contributed by atoms with Crippen molar-refractivity contribution in [2.24, 2.45) is 5.10 Å². The van der Waals surface area contributed by atoms with Gasteiger partial charge in [0.05, 0.1) is 23.1 Å². The summed E-state index contributed by atoms with van der Waals surface area (Å²) in [7, 11) is 0. The Kier molecular flexibility index (Phi) is 5.87. The minimum absolute atomic E-state index is 0.364. The highest BCUT2D eigenvalue weighted by molar-refractivity contribution is 7.80. The number of hydrazone groups is 1. The molecule has 1 aromatic carbocycles. The van der Waals surface area contributed by atoms with Gasteiger partial charge in [0.15, 0.2) is 5.11 Å². The van der Waals surface area contributed by atoms with E-state index >= 15 is 0 Å². The lowest BCUT2D eigenvalue weighted by Gasteiger charge is -2.05. The summed E-state index contributed by atoms with van der Waals surface area (Å²) in [6.07, 6.45) is 6.66. The minimum atomic E-state index is 0.364. The highest BCUT2D eigenvalue weighted by Crippen LogP contribution is 2.07. The van der Waals surface area contributed by atoms with E-state index in [4.69, 9.17) is 23.8 Å². The van der Waals surface area contributed by atoms with Gasteiger partial charge in [0.1, 0.15) is 0 Å². The molecule has 0 spiro atoms.